The monoisotopic (exact) mass is 343 g/mol. The molecule has 0 heterocycles. The molecule has 0 saturated heterocycles. The summed E-state index contributed by atoms with van der Waals surface area (Å²) in [4.78, 5) is 23.0. The molecule has 1 aliphatic carbocycles. The third kappa shape index (κ3) is 4.06. The minimum Gasteiger partial charge on any atom is -0.352 e. The molecule has 2 aromatic rings. The van der Waals surface area contributed by atoms with Crippen LogP contribution in [0.4, 0.5) is 10.5 Å². The average molecular weight is 344 g/mol. The van der Waals surface area contributed by atoms with Crippen molar-refractivity contribution in [1.29, 1.82) is 0 Å². The zero-order valence-electron chi connectivity index (χ0n) is 13.0. The molecular weight excluding hydrogens is 326 g/mol. The van der Waals surface area contributed by atoms with Gasteiger partial charge < -0.3 is 16.4 Å². The second kappa shape index (κ2) is 6.93. The summed E-state index contributed by atoms with van der Waals surface area (Å²) < 4.78 is 0. The molecule has 0 aliphatic heterocycles. The van der Waals surface area contributed by atoms with Crippen LogP contribution in [0.1, 0.15) is 23.5 Å². The summed E-state index contributed by atoms with van der Waals surface area (Å²) in [5, 5.41) is 6.14. The lowest BCUT2D eigenvalue weighted by Gasteiger charge is -2.07. The van der Waals surface area contributed by atoms with Gasteiger partial charge in [0.2, 0.25) is 5.91 Å². The Morgan fingerprint density at radius 1 is 1.17 bits per heavy atom. The van der Waals surface area contributed by atoms with Crippen molar-refractivity contribution in [2.24, 2.45) is 11.7 Å². The molecule has 24 heavy (non-hydrogen) atoms. The lowest BCUT2D eigenvalue weighted by atomic mass is 10.1. The molecule has 1 aliphatic rings. The maximum atomic E-state index is 12.2. The zero-order valence-corrected chi connectivity index (χ0v) is 13.7. The molecule has 124 valence electrons. The van der Waals surface area contributed by atoms with E-state index in [2.05, 4.69) is 10.6 Å². The van der Waals surface area contributed by atoms with Gasteiger partial charge in [-0.2, -0.15) is 0 Å². The van der Waals surface area contributed by atoms with Crippen LogP contribution >= 0.6 is 11.6 Å². The van der Waals surface area contributed by atoms with Crippen LogP contribution in [0.5, 0.6) is 0 Å². The highest BCUT2D eigenvalue weighted by molar-refractivity contribution is 6.30. The Kier molecular flexibility index (Phi) is 4.71. The summed E-state index contributed by atoms with van der Waals surface area (Å²) in [5.74, 6) is 0.324. The first-order chi connectivity index (χ1) is 11.5. The minimum atomic E-state index is -0.600. The van der Waals surface area contributed by atoms with Crippen LogP contribution in [0.15, 0.2) is 48.5 Å². The van der Waals surface area contributed by atoms with E-state index >= 15 is 0 Å². The molecule has 0 bridgehead atoms. The third-order valence-corrected chi connectivity index (χ3v) is 4.33. The molecule has 0 aromatic heterocycles. The number of hydrogen-bond donors (Lipinski definition) is 3. The summed E-state index contributed by atoms with van der Waals surface area (Å²) in [5.41, 5.74) is 7.75. The largest absolute Gasteiger partial charge is 0.352 e. The van der Waals surface area contributed by atoms with E-state index in [1.54, 1.807) is 12.1 Å². The molecule has 0 spiro atoms. The van der Waals surface area contributed by atoms with Crippen molar-refractivity contribution in [3.63, 3.8) is 0 Å². The molecule has 3 rings (SSSR count). The highest BCUT2D eigenvalue weighted by Crippen LogP contribution is 2.47. The Morgan fingerprint density at radius 3 is 2.58 bits per heavy atom. The molecule has 0 unspecified atom stereocenters. The van der Waals surface area contributed by atoms with E-state index in [0.29, 0.717) is 17.3 Å². The smallest absolute Gasteiger partial charge is 0.316 e. The number of nitrogens with two attached hydrogens (primary N) is 1. The third-order valence-electron chi connectivity index (χ3n) is 4.09. The van der Waals surface area contributed by atoms with E-state index in [1.807, 2.05) is 36.4 Å². The molecule has 2 aromatic carbocycles. The second-order valence-electron chi connectivity index (χ2n) is 5.91. The molecule has 1 fully saturated rings. The van der Waals surface area contributed by atoms with E-state index in [1.165, 1.54) is 0 Å². The molecule has 5 nitrogen and oxygen atoms in total. The number of carbonyl (C=O) groups is 2. The number of benzene rings is 2. The van der Waals surface area contributed by atoms with E-state index in [-0.39, 0.29) is 17.7 Å². The number of primary amides is 1. The van der Waals surface area contributed by atoms with Crippen LogP contribution in [0.3, 0.4) is 0 Å². The van der Waals surface area contributed by atoms with E-state index < -0.39 is 6.03 Å². The normalized spacial score (nSPS) is 18.7. The predicted molar refractivity (Wildman–Crippen MR) is 93.8 cm³/mol. The van der Waals surface area contributed by atoms with Crippen molar-refractivity contribution >= 4 is 29.2 Å². The lowest BCUT2D eigenvalue weighted by molar-refractivity contribution is -0.122. The summed E-state index contributed by atoms with van der Waals surface area (Å²) in [6.07, 6.45) is 0.855. The Morgan fingerprint density at radius 2 is 1.92 bits per heavy atom. The van der Waals surface area contributed by atoms with Gasteiger partial charge in [0, 0.05) is 23.2 Å². The lowest BCUT2D eigenvalue weighted by Crippen LogP contribution is -2.25. The number of hydrogen-bond acceptors (Lipinski definition) is 2. The first-order valence-corrected chi connectivity index (χ1v) is 8.09. The number of anilines is 1. The fourth-order valence-corrected chi connectivity index (χ4v) is 2.96. The van der Waals surface area contributed by atoms with Crippen molar-refractivity contribution < 1.29 is 9.59 Å². The van der Waals surface area contributed by atoms with Gasteiger partial charge in [0.15, 0.2) is 0 Å². The van der Waals surface area contributed by atoms with Gasteiger partial charge in [0.05, 0.1) is 0 Å². The van der Waals surface area contributed by atoms with Crippen molar-refractivity contribution in [3.05, 3.63) is 64.7 Å². The maximum Gasteiger partial charge on any atom is 0.316 e. The predicted octanol–water partition coefficient (Wildman–Crippen LogP) is 3.25. The van der Waals surface area contributed by atoms with Gasteiger partial charge in [0.1, 0.15) is 0 Å². The SMILES string of the molecule is NC(=O)Nc1ccc(CNC(=O)[C@H]2C[C@@H]2c2cccc(Cl)c2)cc1. The number of halogens is 1. The molecule has 0 radical (unpaired) electrons. The fourth-order valence-electron chi connectivity index (χ4n) is 2.76. The molecule has 6 heteroatoms. The van der Waals surface area contributed by atoms with Crippen molar-refractivity contribution in [2.75, 3.05) is 5.32 Å². The number of amides is 3. The number of rotatable bonds is 5. The minimum absolute atomic E-state index is 0.0132. The zero-order chi connectivity index (χ0) is 17.1. The second-order valence-corrected chi connectivity index (χ2v) is 6.34. The summed E-state index contributed by atoms with van der Waals surface area (Å²) >= 11 is 5.99. The highest BCUT2D eigenvalue weighted by atomic mass is 35.5. The molecular formula is C18H18ClN3O2. The summed E-state index contributed by atoms with van der Waals surface area (Å²) in [6.45, 7) is 0.453. The van der Waals surface area contributed by atoms with Crippen molar-refractivity contribution in [1.82, 2.24) is 5.32 Å². The van der Waals surface area contributed by atoms with E-state index in [0.717, 1.165) is 17.5 Å². The van der Waals surface area contributed by atoms with Gasteiger partial charge in [-0.3, -0.25) is 4.79 Å². The Bertz CT molecular complexity index is 761. The summed E-state index contributed by atoms with van der Waals surface area (Å²) in [7, 11) is 0. The number of nitrogens with one attached hydrogen (secondary N) is 2. The van der Waals surface area contributed by atoms with Crippen LogP contribution < -0.4 is 16.4 Å². The van der Waals surface area contributed by atoms with Gasteiger partial charge in [0.25, 0.3) is 0 Å². The van der Waals surface area contributed by atoms with Gasteiger partial charge >= 0.3 is 6.03 Å². The molecule has 3 amide bonds. The van der Waals surface area contributed by atoms with Crippen LogP contribution in [0, 0.1) is 5.92 Å². The topological polar surface area (TPSA) is 84.2 Å². The number of urea groups is 1. The Hall–Kier alpha value is -2.53. The van der Waals surface area contributed by atoms with Gasteiger partial charge in [-0.05, 0) is 47.7 Å². The Labute approximate surface area is 145 Å². The molecule has 2 atom stereocenters. The Balaban J connectivity index is 1.50. The average Bonchev–Trinajstić information content (AvgIpc) is 3.34. The standard InChI is InChI=1S/C18H18ClN3O2/c19-13-3-1-2-12(8-13)15-9-16(15)17(23)21-10-11-4-6-14(7-5-11)22-18(20)24/h1-8,15-16H,9-10H2,(H,21,23)(H3,20,22,24)/t15-,16+/m1/s1. The first-order valence-electron chi connectivity index (χ1n) is 7.71. The van der Waals surface area contributed by atoms with Crippen LogP contribution in [-0.2, 0) is 11.3 Å². The first kappa shape index (κ1) is 16.3. The van der Waals surface area contributed by atoms with Gasteiger partial charge in [-0.15, -0.1) is 0 Å². The quantitative estimate of drug-likeness (QED) is 0.778. The van der Waals surface area contributed by atoms with Crippen molar-refractivity contribution in [2.45, 2.75) is 18.9 Å². The fraction of sp³-hybridized carbons (Fsp3) is 0.222. The number of carbonyl (C=O) groups excluding carboxylic acids is 2. The van der Waals surface area contributed by atoms with Gasteiger partial charge in [-0.25, -0.2) is 4.79 Å². The highest BCUT2D eigenvalue weighted by Gasteiger charge is 2.43. The molecule has 1 saturated carbocycles. The van der Waals surface area contributed by atoms with Crippen molar-refractivity contribution in [3.8, 4) is 0 Å². The van der Waals surface area contributed by atoms with E-state index in [9.17, 15) is 9.59 Å². The van der Waals surface area contributed by atoms with Crippen LogP contribution in [0.2, 0.25) is 5.02 Å². The van der Waals surface area contributed by atoms with Gasteiger partial charge in [-0.1, -0.05) is 35.9 Å². The summed E-state index contributed by atoms with van der Waals surface area (Å²) in [6, 6.07) is 14.2. The van der Waals surface area contributed by atoms with Crippen LogP contribution in [-0.4, -0.2) is 11.9 Å². The van der Waals surface area contributed by atoms with Crippen LogP contribution in [0.25, 0.3) is 0 Å². The maximum absolute atomic E-state index is 12.2. The molecule has 4 N–H and O–H groups in total. The van der Waals surface area contributed by atoms with E-state index in [4.69, 9.17) is 17.3 Å².